The Labute approximate surface area is 85.7 Å². The van der Waals surface area contributed by atoms with Crippen molar-refractivity contribution >= 4 is 17.9 Å². The summed E-state index contributed by atoms with van der Waals surface area (Å²) >= 11 is 0. The Morgan fingerprint density at radius 1 is 1.60 bits per heavy atom. The van der Waals surface area contributed by atoms with Crippen LogP contribution in [0.3, 0.4) is 0 Å². The van der Waals surface area contributed by atoms with Crippen molar-refractivity contribution in [2.45, 2.75) is 13.8 Å². The molecule has 0 saturated heterocycles. The lowest BCUT2D eigenvalue weighted by Crippen LogP contribution is -2.10. The lowest BCUT2D eigenvalue weighted by Gasteiger charge is -2.11. The molecule has 0 heterocycles. The van der Waals surface area contributed by atoms with Gasteiger partial charge < -0.3 is 10.4 Å². The number of phenols is 1. The van der Waals surface area contributed by atoms with Gasteiger partial charge in [0, 0.05) is 6.92 Å². The highest BCUT2D eigenvalue weighted by Gasteiger charge is 2.15. The second-order valence-electron chi connectivity index (χ2n) is 3.11. The predicted octanol–water partition coefficient (Wildman–Crippen LogP) is 1.61. The van der Waals surface area contributed by atoms with Crippen LogP contribution in [0.1, 0.15) is 22.8 Å². The number of aromatic hydroxyl groups is 1. The van der Waals surface area contributed by atoms with Gasteiger partial charge in [-0.15, -0.1) is 0 Å². The second kappa shape index (κ2) is 4.08. The molecule has 1 aromatic rings. The van der Waals surface area contributed by atoms with E-state index in [0.717, 1.165) is 6.07 Å². The molecule has 0 aliphatic rings. The number of anilines is 1. The molecule has 1 aromatic carbocycles. The van der Waals surface area contributed by atoms with Gasteiger partial charge in [-0.25, -0.2) is 4.39 Å². The summed E-state index contributed by atoms with van der Waals surface area (Å²) in [4.78, 5) is 21.5. The van der Waals surface area contributed by atoms with Crippen molar-refractivity contribution in [3.8, 4) is 5.75 Å². The molecule has 0 fully saturated rings. The van der Waals surface area contributed by atoms with E-state index in [-0.39, 0.29) is 11.3 Å². The molecule has 0 saturated carbocycles. The van der Waals surface area contributed by atoms with Crippen LogP contribution in [0.15, 0.2) is 6.07 Å². The maximum atomic E-state index is 13.0. The third kappa shape index (κ3) is 2.12. The van der Waals surface area contributed by atoms with Gasteiger partial charge in [-0.3, -0.25) is 9.59 Å². The fourth-order valence-electron chi connectivity index (χ4n) is 1.25. The number of phenolic OH excluding ortho intramolecular Hbond substituents is 1. The average Bonchev–Trinajstić information content (AvgIpc) is 2.14. The zero-order valence-corrected chi connectivity index (χ0v) is 8.30. The fourth-order valence-corrected chi connectivity index (χ4v) is 1.25. The van der Waals surface area contributed by atoms with E-state index < -0.39 is 17.5 Å². The van der Waals surface area contributed by atoms with Gasteiger partial charge in [-0.2, -0.15) is 0 Å². The van der Waals surface area contributed by atoms with Gasteiger partial charge in [-0.05, 0) is 18.6 Å². The summed E-state index contributed by atoms with van der Waals surface area (Å²) in [5, 5.41) is 11.6. The van der Waals surface area contributed by atoms with E-state index in [0.29, 0.717) is 11.8 Å². The maximum Gasteiger partial charge on any atom is 0.221 e. The van der Waals surface area contributed by atoms with Gasteiger partial charge in [0.2, 0.25) is 5.91 Å². The van der Waals surface area contributed by atoms with Crippen molar-refractivity contribution in [1.82, 2.24) is 0 Å². The molecule has 1 rings (SSSR count). The number of hydrogen-bond donors (Lipinski definition) is 2. The van der Waals surface area contributed by atoms with E-state index >= 15 is 0 Å². The molecule has 80 valence electrons. The Kier molecular flexibility index (Phi) is 3.04. The summed E-state index contributed by atoms with van der Waals surface area (Å²) < 4.78 is 13.0. The number of hydrogen-bond acceptors (Lipinski definition) is 3. The minimum atomic E-state index is -0.885. The number of amides is 1. The number of nitrogens with one attached hydrogen (secondary N) is 1. The van der Waals surface area contributed by atoms with Crippen LogP contribution in [0.2, 0.25) is 0 Å². The Hall–Kier alpha value is -1.91. The third-order valence-electron chi connectivity index (χ3n) is 1.91. The first kappa shape index (κ1) is 11.2. The number of benzene rings is 1. The molecule has 0 aliphatic carbocycles. The Morgan fingerprint density at radius 2 is 2.20 bits per heavy atom. The largest absolute Gasteiger partial charge is 0.504 e. The molecule has 5 heteroatoms. The highest BCUT2D eigenvalue weighted by atomic mass is 19.1. The molecule has 0 radical (unpaired) electrons. The minimum absolute atomic E-state index is 0.136. The zero-order chi connectivity index (χ0) is 11.6. The molecule has 4 nitrogen and oxygen atoms in total. The first-order valence-corrected chi connectivity index (χ1v) is 4.22. The highest BCUT2D eigenvalue weighted by Crippen LogP contribution is 2.30. The number of rotatable bonds is 2. The normalized spacial score (nSPS) is 9.80. The van der Waals surface area contributed by atoms with Crippen molar-refractivity contribution < 1.29 is 19.1 Å². The summed E-state index contributed by atoms with van der Waals surface area (Å²) in [6, 6.07) is 1.05. The van der Waals surface area contributed by atoms with Crippen molar-refractivity contribution in [3.63, 3.8) is 0 Å². The number of aryl methyl sites for hydroxylation is 1. The summed E-state index contributed by atoms with van der Waals surface area (Å²) in [7, 11) is 0. The van der Waals surface area contributed by atoms with Crippen LogP contribution >= 0.6 is 0 Å². The van der Waals surface area contributed by atoms with Crippen LogP contribution < -0.4 is 5.32 Å². The first-order valence-electron chi connectivity index (χ1n) is 4.22. The molecule has 0 unspecified atom stereocenters. The van der Waals surface area contributed by atoms with E-state index in [1.807, 2.05) is 0 Å². The average molecular weight is 211 g/mol. The van der Waals surface area contributed by atoms with E-state index in [1.165, 1.54) is 13.8 Å². The van der Waals surface area contributed by atoms with Gasteiger partial charge in [-0.1, -0.05) is 0 Å². The third-order valence-corrected chi connectivity index (χ3v) is 1.91. The summed E-state index contributed by atoms with van der Waals surface area (Å²) in [5.74, 6) is -2.03. The molecule has 15 heavy (non-hydrogen) atoms. The standard InChI is InChI=1S/C10H10FNO3/c1-5-3-8(11)10(15)7(4-13)9(5)12-6(2)14/h3-4,15H,1-2H3,(H,12,14). The van der Waals surface area contributed by atoms with Crippen molar-refractivity contribution in [2.24, 2.45) is 0 Å². The molecular weight excluding hydrogens is 201 g/mol. The molecule has 0 spiro atoms. The number of carbonyl (C=O) groups is 2. The smallest absolute Gasteiger partial charge is 0.221 e. The van der Waals surface area contributed by atoms with E-state index in [9.17, 15) is 19.1 Å². The molecular formula is C10H10FNO3. The van der Waals surface area contributed by atoms with Gasteiger partial charge in [0.05, 0.1) is 11.3 Å². The molecule has 2 N–H and O–H groups in total. The van der Waals surface area contributed by atoms with Crippen molar-refractivity contribution in [1.29, 1.82) is 0 Å². The lowest BCUT2D eigenvalue weighted by atomic mass is 10.1. The van der Waals surface area contributed by atoms with Crippen LogP contribution in [0.4, 0.5) is 10.1 Å². The Balaban J connectivity index is 3.41. The van der Waals surface area contributed by atoms with Crippen LogP contribution in [0, 0.1) is 12.7 Å². The van der Waals surface area contributed by atoms with Crippen LogP contribution in [0.5, 0.6) is 5.75 Å². The van der Waals surface area contributed by atoms with Crippen LogP contribution in [-0.4, -0.2) is 17.3 Å². The maximum absolute atomic E-state index is 13.0. The van der Waals surface area contributed by atoms with E-state index in [1.54, 1.807) is 0 Å². The molecule has 1 amide bonds. The number of aldehydes is 1. The lowest BCUT2D eigenvalue weighted by molar-refractivity contribution is -0.114. The Morgan fingerprint density at radius 3 is 2.67 bits per heavy atom. The zero-order valence-electron chi connectivity index (χ0n) is 8.30. The van der Waals surface area contributed by atoms with E-state index in [4.69, 9.17) is 0 Å². The summed E-state index contributed by atoms with van der Waals surface area (Å²) in [5.41, 5.74) is 0.265. The molecule has 0 aliphatic heterocycles. The topological polar surface area (TPSA) is 66.4 Å². The molecule has 0 atom stereocenters. The number of halogens is 1. The minimum Gasteiger partial charge on any atom is -0.504 e. The first-order chi connectivity index (χ1) is 6.97. The van der Waals surface area contributed by atoms with Crippen molar-refractivity contribution in [3.05, 3.63) is 23.0 Å². The van der Waals surface area contributed by atoms with Gasteiger partial charge in [0.15, 0.2) is 17.9 Å². The van der Waals surface area contributed by atoms with Crippen molar-refractivity contribution in [2.75, 3.05) is 5.32 Å². The second-order valence-corrected chi connectivity index (χ2v) is 3.11. The van der Waals surface area contributed by atoms with E-state index in [2.05, 4.69) is 5.32 Å². The van der Waals surface area contributed by atoms with Crippen LogP contribution in [-0.2, 0) is 4.79 Å². The monoisotopic (exact) mass is 211 g/mol. The summed E-state index contributed by atoms with van der Waals surface area (Å²) in [6.45, 7) is 2.79. The SMILES string of the molecule is CC(=O)Nc1c(C)cc(F)c(O)c1C=O. The molecule has 0 bridgehead atoms. The predicted molar refractivity (Wildman–Crippen MR) is 52.5 cm³/mol. The fraction of sp³-hybridized carbons (Fsp3) is 0.200. The summed E-state index contributed by atoms with van der Waals surface area (Å²) in [6.07, 6.45) is 0.302. The van der Waals surface area contributed by atoms with Gasteiger partial charge in [0.1, 0.15) is 0 Å². The highest BCUT2D eigenvalue weighted by molar-refractivity contribution is 5.98. The quantitative estimate of drug-likeness (QED) is 0.730. The van der Waals surface area contributed by atoms with Gasteiger partial charge in [0.25, 0.3) is 0 Å². The van der Waals surface area contributed by atoms with Crippen LogP contribution in [0.25, 0.3) is 0 Å². The Bertz CT molecular complexity index is 429. The van der Waals surface area contributed by atoms with Gasteiger partial charge >= 0.3 is 0 Å². The number of carbonyl (C=O) groups excluding carboxylic acids is 2. The molecule has 0 aromatic heterocycles.